The Morgan fingerprint density at radius 2 is 1.84 bits per heavy atom. The maximum atomic E-state index is 12.5. The van der Waals surface area contributed by atoms with Crippen molar-refractivity contribution < 1.29 is 9.59 Å². The third kappa shape index (κ3) is 5.77. The third-order valence-electron chi connectivity index (χ3n) is 5.07. The SMILES string of the molecule is Cc1cccc(C(=O)N[C@@H](C)c2nnc(SCC(=O)Nc3cc(C)c(C)cc3Br)n2C)c1. The van der Waals surface area contributed by atoms with Crippen molar-refractivity contribution in [2.24, 2.45) is 7.05 Å². The van der Waals surface area contributed by atoms with Gasteiger partial charge in [0.25, 0.3) is 5.91 Å². The summed E-state index contributed by atoms with van der Waals surface area (Å²) in [6.07, 6.45) is 0. The van der Waals surface area contributed by atoms with Gasteiger partial charge in [0.15, 0.2) is 11.0 Å². The Balaban J connectivity index is 1.60. The summed E-state index contributed by atoms with van der Waals surface area (Å²) in [5.41, 5.74) is 4.62. The zero-order valence-electron chi connectivity index (χ0n) is 18.7. The van der Waals surface area contributed by atoms with E-state index in [2.05, 4.69) is 36.8 Å². The number of benzene rings is 2. The van der Waals surface area contributed by atoms with Crippen LogP contribution in [-0.4, -0.2) is 32.3 Å². The first kappa shape index (κ1) is 24.0. The van der Waals surface area contributed by atoms with Crippen molar-refractivity contribution in [1.82, 2.24) is 20.1 Å². The lowest BCUT2D eigenvalue weighted by molar-refractivity contribution is -0.113. The Labute approximate surface area is 200 Å². The number of carbonyl (C=O) groups excluding carboxylic acids is 2. The average molecular weight is 516 g/mol. The molecule has 7 nitrogen and oxygen atoms in total. The monoisotopic (exact) mass is 515 g/mol. The van der Waals surface area contributed by atoms with Gasteiger partial charge in [0.05, 0.1) is 17.5 Å². The molecule has 32 heavy (non-hydrogen) atoms. The summed E-state index contributed by atoms with van der Waals surface area (Å²) in [6.45, 7) is 7.83. The van der Waals surface area contributed by atoms with E-state index in [0.29, 0.717) is 16.5 Å². The molecule has 0 aliphatic rings. The van der Waals surface area contributed by atoms with E-state index in [0.717, 1.165) is 26.9 Å². The van der Waals surface area contributed by atoms with Crippen molar-refractivity contribution in [3.8, 4) is 0 Å². The smallest absolute Gasteiger partial charge is 0.251 e. The lowest BCUT2D eigenvalue weighted by Gasteiger charge is -2.14. The molecule has 168 valence electrons. The quantitative estimate of drug-likeness (QED) is 0.444. The van der Waals surface area contributed by atoms with Crippen LogP contribution in [0.3, 0.4) is 0 Å². The molecule has 0 radical (unpaired) electrons. The molecule has 2 N–H and O–H groups in total. The van der Waals surface area contributed by atoms with E-state index in [9.17, 15) is 9.59 Å². The number of nitrogens with zero attached hydrogens (tertiary/aromatic N) is 3. The lowest BCUT2D eigenvalue weighted by Crippen LogP contribution is -2.28. The molecule has 0 saturated carbocycles. The number of thioether (sulfide) groups is 1. The number of halogens is 1. The number of amides is 2. The molecule has 3 rings (SSSR count). The number of aromatic nitrogens is 3. The van der Waals surface area contributed by atoms with Crippen LogP contribution in [0.5, 0.6) is 0 Å². The van der Waals surface area contributed by atoms with Gasteiger partial charge in [0, 0.05) is 17.1 Å². The molecule has 0 unspecified atom stereocenters. The fourth-order valence-electron chi connectivity index (χ4n) is 3.15. The maximum absolute atomic E-state index is 12.5. The number of nitrogens with one attached hydrogen (secondary N) is 2. The van der Waals surface area contributed by atoms with Crippen molar-refractivity contribution in [3.05, 3.63) is 68.9 Å². The van der Waals surface area contributed by atoms with E-state index in [1.165, 1.54) is 11.8 Å². The van der Waals surface area contributed by atoms with E-state index in [1.807, 2.05) is 65.1 Å². The van der Waals surface area contributed by atoms with E-state index in [-0.39, 0.29) is 23.6 Å². The summed E-state index contributed by atoms with van der Waals surface area (Å²) in [5.74, 6) is 0.502. The first-order chi connectivity index (χ1) is 15.2. The molecule has 1 heterocycles. The summed E-state index contributed by atoms with van der Waals surface area (Å²) in [6, 6.07) is 11.0. The number of hydrogen-bond donors (Lipinski definition) is 2. The first-order valence-corrected chi connectivity index (χ1v) is 11.9. The van der Waals surface area contributed by atoms with Gasteiger partial charge in [-0.05, 0) is 79.0 Å². The van der Waals surface area contributed by atoms with Gasteiger partial charge < -0.3 is 15.2 Å². The molecule has 0 bridgehead atoms. The van der Waals surface area contributed by atoms with Gasteiger partial charge >= 0.3 is 0 Å². The van der Waals surface area contributed by atoms with Gasteiger partial charge in [0.1, 0.15) is 0 Å². The highest BCUT2D eigenvalue weighted by molar-refractivity contribution is 9.10. The van der Waals surface area contributed by atoms with Gasteiger partial charge in [-0.15, -0.1) is 10.2 Å². The fraction of sp³-hybridized carbons (Fsp3) is 0.304. The predicted octanol–water partition coefficient (Wildman–Crippen LogP) is 4.72. The molecule has 0 spiro atoms. The van der Waals surface area contributed by atoms with Crippen molar-refractivity contribution in [2.45, 2.75) is 38.9 Å². The fourth-order valence-corrected chi connectivity index (χ4v) is 4.43. The molecule has 1 aromatic heterocycles. The summed E-state index contributed by atoms with van der Waals surface area (Å²) in [4.78, 5) is 25.0. The number of aryl methyl sites for hydroxylation is 3. The number of anilines is 1. The van der Waals surface area contributed by atoms with Crippen molar-refractivity contribution >= 4 is 45.2 Å². The molecular weight excluding hydrogens is 490 g/mol. The van der Waals surface area contributed by atoms with Crippen molar-refractivity contribution in [1.29, 1.82) is 0 Å². The van der Waals surface area contributed by atoms with Crippen LogP contribution >= 0.6 is 27.7 Å². The minimum Gasteiger partial charge on any atom is -0.342 e. The lowest BCUT2D eigenvalue weighted by atomic mass is 10.1. The first-order valence-electron chi connectivity index (χ1n) is 10.1. The van der Waals surface area contributed by atoms with E-state index in [1.54, 1.807) is 10.6 Å². The van der Waals surface area contributed by atoms with Crippen LogP contribution in [0.15, 0.2) is 46.0 Å². The zero-order valence-corrected chi connectivity index (χ0v) is 21.1. The van der Waals surface area contributed by atoms with Crippen LogP contribution in [0.25, 0.3) is 0 Å². The summed E-state index contributed by atoms with van der Waals surface area (Å²) >= 11 is 4.79. The molecule has 1 atom stereocenters. The van der Waals surface area contributed by atoms with Crippen molar-refractivity contribution in [2.75, 3.05) is 11.1 Å². The van der Waals surface area contributed by atoms with Crippen LogP contribution in [0, 0.1) is 20.8 Å². The van der Waals surface area contributed by atoms with Gasteiger partial charge in [-0.2, -0.15) is 0 Å². The molecule has 0 fully saturated rings. The zero-order chi connectivity index (χ0) is 23.4. The van der Waals surface area contributed by atoms with Crippen LogP contribution in [0.1, 0.15) is 45.8 Å². The van der Waals surface area contributed by atoms with E-state index in [4.69, 9.17) is 0 Å². The van der Waals surface area contributed by atoms with Crippen LogP contribution in [-0.2, 0) is 11.8 Å². The molecule has 9 heteroatoms. The second-order valence-electron chi connectivity index (χ2n) is 7.72. The Morgan fingerprint density at radius 1 is 1.12 bits per heavy atom. The van der Waals surface area contributed by atoms with E-state index >= 15 is 0 Å². The Morgan fingerprint density at radius 3 is 2.56 bits per heavy atom. The number of carbonyl (C=O) groups is 2. The van der Waals surface area contributed by atoms with Gasteiger partial charge in [-0.1, -0.05) is 29.5 Å². The number of hydrogen-bond acceptors (Lipinski definition) is 5. The van der Waals surface area contributed by atoms with Crippen LogP contribution < -0.4 is 10.6 Å². The molecule has 2 amide bonds. The van der Waals surface area contributed by atoms with Gasteiger partial charge in [-0.25, -0.2) is 0 Å². The highest BCUT2D eigenvalue weighted by Crippen LogP contribution is 2.27. The standard InChI is InChI=1S/C23H26BrN5O2S/c1-13-7-6-8-17(9-13)22(31)25-16(4)21-27-28-23(29(21)5)32-12-20(30)26-19-11-15(3)14(2)10-18(19)24/h6-11,16H,12H2,1-5H3,(H,25,31)(H,26,30)/t16-/m0/s1. The predicted molar refractivity (Wildman–Crippen MR) is 131 cm³/mol. The third-order valence-corrected chi connectivity index (χ3v) is 6.75. The summed E-state index contributed by atoms with van der Waals surface area (Å²) in [5, 5.41) is 14.9. The Bertz CT molecular complexity index is 1160. The number of rotatable bonds is 7. The van der Waals surface area contributed by atoms with Crippen LogP contribution in [0.2, 0.25) is 0 Å². The molecule has 0 aliphatic carbocycles. The van der Waals surface area contributed by atoms with Crippen molar-refractivity contribution in [3.63, 3.8) is 0 Å². The second kappa shape index (κ2) is 10.3. The average Bonchev–Trinajstić information content (AvgIpc) is 3.11. The molecule has 0 saturated heterocycles. The molecule has 0 aliphatic heterocycles. The van der Waals surface area contributed by atoms with Gasteiger partial charge in [0.2, 0.25) is 5.91 Å². The second-order valence-corrected chi connectivity index (χ2v) is 9.51. The summed E-state index contributed by atoms with van der Waals surface area (Å²) in [7, 11) is 1.82. The largest absolute Gasteiger partial charge is 0.342 e. The minimum atomic E-state index is -0.338. The Hall–Kier alpha value is -2.65. The molecule has 2 aromatic carbocycles. The minimum absolute atomic E-state index is 0.135. The normalized spacial score (nSPS) is 11.8. The highest BCUT2D eigenvalue weighted by atomic mass is 79.9. The summed E-state index contributed by atoms with van der Waals surface area (Å²) < 4.78 is 2.64. The van der Waals surface area contributed by atoms with E-state index < -0.39 is 0 Å². The molecule has 3 aromatic rings. The Kier molecular flexibility index (Phi) is 7.73. The topological polar surface area (TPSA) is 88.9 Å². The molecular formula is C23H26BrN5O2S. The van der Waals surface area contributed by atoms with Gasteiger partial charge in [-0.3, -0.25) is 9.59 Å². The van der Waals surface area contributed by atoms with Crippen LogP contribution in [0.4, 0.5) is 5.69 Å². The highest BCUT2D eigenvalue weighted by Gasteiger charge is 2.19. The maximum Gasteiger partial charge on any atom is 0.251 e.